The molecule has 0 aromatic heterocycles. The molecule has 2 aromatic rings. The van der Waals surface area contributed by atoms with Crippen molar-refractivity contribution in [3.63, 3.8) is 0 Å². The van der Waals surface area contributed by atoms with Gasteiger partial charge in [-0.25, -0.2) is 0 Å². The second kappa shape index (κ2) is 5.65. The van der Waals surface area contributed by atoms with Crippen molar-refractivity contribution in [2.45, 2.75) is 53.1 Å². The maximum absolute atomic E-state index is 11.0. The van der Waals surface area contributed by atoms with Gasteiger partial charge in [-0.3, -0.25) is 0 Å². The Kier molecular flexibility index (Phi) is 4.25. The summed E-state index contributed by atoms with van der Waals surface area (Å²) in [6.45, 7) is 12.8. The third-order valence-electron chi connectivity index (χ3n) is 4.07. The van der Waals surface area contributed by atoms with Crippen LogP contribution in [0.4, 0.5) is 0 Å². The Labute approximate surface area is 128 Å². The zero-order valence-corrected chi connectivity index (χ0v) is 14.0. The summed E-state index contributed by atoms with van der Waals surface area (Å²) in [5, 5.41) is 11.0. The highest BCUT2D eigenvalue weighted by molar-refractivity contribution is 5.46. The van der Waals surface area contributed by atoms with E-state index in [2.05, 4.69) is 59.7 Å². The molecular formula is C20H26O. The van der Waals surface area contributed by atoms with E-state index < -0.39 is 6.10 Å². The highest BCUT2D eigenvalue weighted by Crippen LogP contribution is 2.35. The molecule has 0 fully saturated rings. The van der Waals surface area contributed by atoms with Gasteiger partial charge in [0.1, 0.15) is 6.10 Å². The third-order valence-corrected chi connectivity index (χ3v) is 4.07. The summed E-state index contributed by atoms with van der Waals surface area (Å²) in [7, 11) is 0. The quantitative estimate of drug-likeness (QED) is 0.822. The highest BCUT2D eigenvalue weighted by atomic mass is 16.3. The standard InChI is InChI=1S/C20H26O/c1-13-11-14(2)18(15(3)12-13)19(21)16-9-7-8-10-17(16)20(4,5)6/h7-12,19,21H,1-6H3. The van der Waals surface area contributed by atoms with Crippen LogP contribution in [0.15, 0.2) is 36.4 Å². The van der Waals surface area contributed by atoms with E-state index in [1.807, 2.05) is 18.2 Å². The van der Waals surface area contributed by atoms with Crippen LogP contribution in [-0.2, 0) is 5.41 Å². The molecule has 0 radical (unpaired) electrons. The van der Waals surface area contributed by atoms with Crippen LogP contribution < -0.4 is 0 Å². The van der Waals surface area contributed by atoms with Gasteiger partial charge in [-0.2, -0.15) is 0 Å². The van der Waals surface area contributed by atoms with Gasteiger partial charge in [0.25, 0.3) is 0 Å². The number of aliphatic hydroxyl groups is 1. The van der Waals surface area contributed by atoms with Crippen LogP contribution in [0.1, 0.15) is 60.3 Å². The number of benzene rings is 2. The lowest BCUT2D eigenvalue weighted by molar-refractivity contribution is 0.216. The molecular weight excluding hydrogens is 256 g/mol. The largest absolute Gasteiger partial charge is 0.384 e. The van der Waals surface area contributed by atoms with Gasteiger partial charge in [-0.1, -0.05) is 62.7 Å². The maximum atomic E-state index is 11.0. The fraction of sp³-hybridized carbons (Fsp3) is 0.400. The van der Waals surface area contributed by atoms with Gasteiger partial charge in [0.15, 0.2) is 0 Å². The van der Waals surface area contributed by atoms with Gasteiger partial charge >= 0.3 is 0 Å². The molecule has 21 heavy (non-hydrogen) atoms. The third kappa shape index (κ3) is 3.19. The molecule has 0 aliphatic carbocycles. The average Bonchev–Trinajstić information content (AvgIpc) is 2.36. The summed E-state index contributed by atoms with van der Waals surface area (Å²) in [4.78, 5) is 0. The van der Waals surface area contributed by atoms with E-state index in [0.717, 1.165) is 22.3 Å². The van der Waals surface area contributed by atoms with Crippen molar-refractivity contribution in [3.8, 4) is 0 Å². The predicted octanol–water partition coefficient (Wildman–Crippen LogP) is 4.99. The van der Waals surface area contributed by atoms with Crippen LogP contribution in [0.25, 0.3) is 0 Å². The number of hydrogen-bond donors (Lipinski definition) is 1. The molecule has 1 N–H and O–H groups in total. The second-order valence-corrected chi connectivity index (χ2v) is 7.05. The summed E-state index contributed by atoms with van der Waals surface area (Å²) in [5.41, 5.74) is 6.83. The van der Waals surface area contributed by atoms with Crippen molar-refractivity contribution in [2.75, 3.05) is 0 Å². The number of aliphatic hydroxyl groups excluding tert-OH is 1. The molecule has 1 heteroatoms. The molecule has 112 valence electrons. The number of hydrogen-bond acceptors (Lipinski definition) is 1. The van der Waals surface area contributed by atoms with Gasteiger partial charge in [0, 0.05) is 0 Å². The highest BCUT2D eigenvalue weighted by Gasteiger charge is 2.24. The van der Waals surface area contributed by atoms with Gasteiger partial charge in [-0.05, 0) is 54.0 Å². The summed E-state index contributed by atoms with van der Waals surface area (Å²) in [5.74, 6) is 0. The lowest BCUT2D eigenvalue weighted by Crippen LogP contribution is -2.17. The first-order valence-electron chi connectivity index (χ1n) is 7.57. The zero-order valence-electron chi connectivity index (χ0n) is 14.0. The van der Waals surface area contributed by atoms with E-state index in [1.54, 1.807) is 0 Å². The van der Waals surface area contributed by atoms with E-state index in [9.17, 15) is 5.11 Å². The molecule has 0 bridgehead atoms. The monoisotopic (exact) mass is 282 g/mol. The smallest absolute Gasteiger partial charge is 0.105 e. The van der Waals surface area contributed by atoms with E-state index in [-0.39, 0.29) is 5.41 Å². The molecule has 1 atom stereocenters. The molecule has 0 aliphatic rings. The van der Waals surface area contributed by atoms with Crippen molar-refractivity contribution in [1.82, 2.24) is 0 Å². The second-order valence-electron chi connectivity index (χ2n) is 7.05. The predicted molar refractivity (Wildman–Crippen MR) is 89.9 cm³/mol. The minimum atomic E-state index is -0.568. The number of rotatable bonds is 2. The Morgan fingerprint density at radius 2 is 1.43 bits per heavy atom. The minimum Gasteiger partial charge on any atom is -0.384 e. The molecule has 1 nitrogen and oxygen atoms in total. The Hall–Kier alpha value is -1.60. The summed E-state index contributed by atoms with van der Waals surface area (Å²) in [6.07, 6.45) is -0.568. The number of aryl methyl sites for hydroxylation is 3. The molecule has 0 heterocycles. The molecule has 2 rings (SSSR count). The van der Waals surface area contributed by atoms with Crippen molar-refractivity contribution >= 4 is 0 Å². The van der Waals surface area contributed by atoms with Crippen molar-refractivity contribution in [2.24, 2.45) is 0 Å². The molecule has 0 aliphatic heterocycles. The van der Waals surface area contributed by atoms with E-state index in [0.29, 0.717) is 0 Å². The minimum absolute atomic E-state index is 0.0179. The van der Waals surface area contributed by atoms with E-state index in [1.165, 1.54) is 11.1 Å². The van der Waals surface area contributed by atoms with Gasteiger partial charge in [0.2, 0.25) is 0 Å². The van der Waals surface area contributed by atoms with Crippen molar-refractivity contribution < 1.29 is 5.11 Å². The summed E-state index contributed by atoms with van der Waals surface area (Å²) >= 11 is 0. The van der Waals surface area contributed by atoms with E-state index >= 15 is 0 Å². The molecule has 2 aromatic carbocycles. The van der Waals surface area contributed by atoms with Crippen LogP contribution in [0, 0.1) is 20.8 Å². The normalized spacial score (nSPS) is 13.3. The van der Waals surface area contributed by atoms with Crippen LogP contribution >= 0.6 is 0 Å². The van der Waals surface area contributed by atoms with Crippen LogP contribution in [0.2, 0.25) is 0 Å². The molecule has 0 saturated heterocycles. The molecule has 0 amide bonds. The summed E-state index contributed by atoms with van der Waals surface area (Å²) < 4.78 is 0. The lowest BCUT2D eigenvalue weighted by Gasteiger charge is -2.27. The Balaban J connectivity index is 2.59. The fourth-order valence-electron chi connectivity index (χ4n) is 3.20. The molecule has 0 saturated carbocycles. The van der Waals surface area contributed by atoms with Crippen LogP contribution in [0.3, 0.4) is 0 Å². The zero-order chi connectivity index (χ0) is 15.8. The SMILES string of the molecule is Cc1cc(C)c(C(O)c2ccccc2C(C)(C)C)c(C)c1. The van der Waals surface area contributed by atoms with Gasteiger partial charge < -0.3 is 5.11 Å². The van der Waals surface area contributed by atoms with E-state index in [4.69, 9.17) is 0 Å². The van der Waals surface area contributed by atoms with Crippen molar-refractivity contribution in [3.05, 3.63) is 69.8 Å². The average molecular weight is 282 g/mol. The first-order valence-corrected chi connectivity index (χ1v) is 7.57. The van der Waals surface area contributed by atoms with Crippen LogP contribution in [-0.4, -0.2) is 5.11 Å². The Bertz CT molecular complexity index is 624. The first kappa shape index (κ1) is 15.8. The van der Waals surface area contributed by atoms with Gasteiger partial charge in [-0.15, -0.1) is 0 Å². The van der Waals surface area contributed by atoms with Gasteiger partial charge in [0.05, 0.1) is 0 Å². The first-order chi connectivity index (χ1) is 9.71. The topological polar surface area (TPSA) is 20.2 Å². The lowest BCUT2D eigenvalue weighted by atomic mass is 9.80. The van der Waals surface area contributed by atoms with Crippen LogP contribution in [0.5, 0.6) is 0 Å². The van der Waals surface area contributed by atoms with Crippen molar-refractivity contribution in [1.29, 1.82) is 0 Å². The fourth-order valence-corrected chi connectivity index (χ4v) is 3.20. The molecule has 0 spiro atoms. The Morgan fingerprint density at radius 3 is 1.95 bits per heavy atom. The Morgan fingerprint density at radius 1 is 0.905 bits per heavy atom. The molecule has 1 unspecified atom stereocenters. The summed E-state index contributed by atoms with van der Waals surface area (Å²) in [6, 6.07) is 12.5. The maximum Gasteiger partial charge on any atom is 0.105 e.